The molecule has 1 fully saturated rings. The lowest BCUT2D eigenvalue weighted by atomic mass is 10.0. The summed E-state index contributed by atoms with van der Waals surface area (Å²) >= 11 is 0. The molecule has 1 aromatic rings. The van der Waals surface area contributed by atoms with Crippen molar-refractivity contribution in [3.8, 4) is 0 Å². The average molecular weight is 288 g/mol. The SMILES string of the molecule is O=c1ccc(NS(=O)(=O)N2CCCC(CO)C2)n[nH]1. The molecule has 8 nitrogen and oxygen atoms in total. The first-order valence-electron chi connectivity index (χ1n) is 5.96. The molecule has 2 heterocycles. The van der Waals surface area contributed by atoms with Crippen LogP contribution in [0.1, 0.15) is 12.8 Å². The summed E-state index contributed by atoms with van der Waals surface area (Å²) in [5, 5.41) is 14.8. The lowest BCUT2D eigenvalue weighted by Gasteiger charge is -2.30. The number of anilines is 1. The van der Waals surface area contributed by atoms with E-state index in [2.05, 4.69) is 14.9 Å². The number of nitrogens with one attached hydrogen (secondary N) is 2. The number of hydrogen-bond donors (Lipinski definition) is 3. The first kappa shape index (κ1) is 14.0. The van der Waals surface area contributed by atoms with Crippen LogP contribution >= 0.6 is 0 Å². The van der Waals surface area contributed by atoms with Crippen molar-refractivity contribution in [1.29, 1.82) is 0 Å². The van der Waals surface area contributed by atoms with E-state index >= 15 is 0 Å². The highest BCUT2D eigenvalue weighted by atomic mass is 32.2. The number of aromatic nitrogens is 2. The van der Waals surface area contributed by atoms with Gasteiger partial charge in [-0.3, -0.25) is 9.52 Å². The van der Waals surface area contributed by atoms with Crippen molar-refractivity contribution in [2.45, 2.75) is 12.8 Å². The van der Waals surface area contributed by atoms with Crippen LogP contribution in [0.3, 0.4) is 0 Å². The van der Waals surface area contributed by atoms with E-state index in [0.717, 1.165) is 6.42 Å². The van der Waals surface area contributed by atoms with E-state index in [9.17, 15) is 13.2 Å². The molecule has 106 valence electrons. The van der Waals surface area contributed by atoms with Crippen LogP contribution in [0.4, 0.5) is 5.82 Å². The number of rotatable bonds is 4. The largest absolute Gasteiger partial charge is 0.396 e. The average Bonchev–Trinajstić information content (AvgIpc) is 2.41. The molecule has 0 radical (unpaired) electrons. The van der Waals surface area contributed by atoms with Crippen molar-refractivity contribution in [3.63, 3.8) is 0 Å². The van der Waals surface area contributed by atoms with Gasteiger partial charge in [-0.25, -0.2) is 5.10 Å². The number of aliphatic hydroxyl groups is 1. The second kappa shape index (κ2) is 5.68. The summed E-state index contributed by atoms with van der Waals surface area (Å²) in [7, 11) is -3.70. The zero-order chi connectivity index (χ0) is 13.9. The molecule has 1 aromatic heterocycles. The first-order valence-corrected chi connectivity index (χ1v) is 7.40. The lowest BCUT2D eigenvalue weighted by molar-refractivity contribution is 0.166. The molecule has 1 aliphatic rings. The van der Waals surface area contributed by atoms with Crippen LogP contribution in [-0.2, 0) is 10.2 Å². The molecule has 1 unspecified atom stereocenters. The summed E-state index contributed by atoms with van der Waals surface area (Å²) in [6.07, 6.45) is 1.53. The van der Waals surface area contributed by atoms with Crippen molar-refractivity contribution < 1.29 is 13.5 Å². The van der Waals surface area contributed by atoms with E-state index < -0.39 is 15.8 Å². The van der Waals surface area contributed by atoms with Crippen molar-refractivity contribution in [2.24, 2.45) is 5.92 Å². The molecule has 9 heteroatoms. The maximum Gasteiger partial charge on any atom is 0.302 e. The number of aliphatic hydroxyl groups excluding tert-OH is 1. The van der Waals surface area contributed by atoms with Crippen LogP contribution < -0.4 is 10.3 Å². The van der Waals surface area contributed by atoms with Crippen molar-refractivity contribution in [2.75, 3.05) is 24.4 Å². The van der Waals surface area contributed by atoms with E-state index in [4.69, 9.17) is 5.11 Å². The van der Waals surface area contributed by atoms with Gasteiger partial charge < -0.3 is 5.11 Å². The maximum atomic E-state index is 12.1. The van der Waals surface area contributed by atoms with Crippen LogP contribution in [0.2, 0.25) is 0 Å². The van der Waals surface area contributed by atoms with E-state index in [1.807, 2.05) is 0 Å². The van der Waals surface area contributed by atoms with E-state index in [0.29, 0.717) is 13.0 Å². The molecule has 2 rings (SSSR count). The Bertz CT molecular complexity index is 565. The minimum atomic E-state index is -3.70. The maximum absolute atomic E-state index is 12.1. The molecule has 19 heavy (non-hydrogen) atoms. The van der Waals surface area contributed by atoms with Gasteiger partial charge in [0.05, 0.1) is 0 Å². The summed E-state index contributed by atoms with van der Waals surface area (Å²) in [6.45, 7) is 0.674. The number of nitrogens with zero attached hydrogens (tertiary/aromatic N) is 2. The fourth-order valence-electron chi connectivity index (χ4n) is 1.99. The van der Waals surface area contributed by atoms with E-state index in [-0.39, 0.29) is 24.9 Å². The van der Waals surface area contributed by atoms with E-state index in [1.54, 1.807) is 0 Å². The van der Waals surface area contributed by atoms with Gasteiger partial charge >= 0.3 is 10.2 Å². The summed E-state index contributed by atoms with van der Waals surface area (Å²) in [4.78, 5) is 10.8. The number of aromatic amines is 1. The number of hydrogen-bond acceptors (Lipinski definition) is 5. The quantitative estimate of drug-likeness (QED) is 0.666. The monoisotopic (exact) mass is 288 g/mol. The van der Waals surface area contributed by atoms with Crippen LogP contribution in [0.25, 0.3) is 0 Å². The molecule has 3 N–H and O–H groups in total. The van der Waals surface area contributed by atoms with Crippen LogP contribution in [-0.4, -0.2) is 47.7 Å². The molecule has 0 bridgehead atoms. The van der Waals surface area contributed by atoms with Gasteiger partial charge in [-0.2, -0.15) is 17.8 Å². The zero-order valence-corrected chi connectivity index (χ0v) is 11.1. The minimum Gasteiger partial charge on any atom is -0.396 e. The molecule has 0 saturated carbocycles. The second-order valence-electron chi connectivity index (χ2n) is 4.46. The fraction of sp³-hybridized carbons (Fsp3) is 0.600. The summed E-state index contributed by atoms with van der Waals surface area (Å²) in [6, 6.07) is 2.49. The molecule has 0 spiro atoms. The van der Waals surface area contributed by atoms with Gasteiger partial charge in [-0.05, 0) is 24.8 Å². The smallest absolute Gasteiger partial charge is 0.302 e. The third kappa shape index (κ3) is 3.52. The molecule has 0 aliphatic carbocycles. The summed E-state index contributed by atoms with van der Waals surface area (Å²) < 4.78 is 27.8. The summed E-state index contributed by atoms with van der Waals surface area (Å²) in [5.74, 6) is 0.0274. The highest BCUT2D eigenvalue weighted by Crippen LogP contribution is 2.19. The first-order chi connectivity index (χ1) is 9.01. The van der Waals surface area contributed by atoms with Gasteiger partial charge in [0.25, 0.3) is 5.56 Å². The molecule has 0 amide bonds. The Hall–Kier alpha value is -1.45. The number of piperidine rings is 1. The lowest BCUT2D eigenvalue weighted by Crippen LogP contribution is -2.43. The zero-order valence-electron chi connectivity index (χ0n) is 10.2. The minimum absolute atomic E-state index is 0.0249. The van der Waals surface area contributed by atoms with Crippen molar-refractivity contribution in [1.82, 2.24) is 14.5 Å². The second-order valence-corrected chi connectivity index (χ2v) is 6.13. The molecular formula is C10H16N4O4S. The Kier molecular flexibility index (Phi) is 4.17. The standard InChI is InChI=1S/C10H16N4O4S/c15-7-8-2-1-5-14(6-8)19(17,18)13-9-3-4-10(16)12-11-9/h3-4,8,15H,1-2,5-7H2,(H,11,13)(H,12,16). The molecule has 1 atom stereocenters. The topological polar surface area (TPSA) is 115 Å². The molecule has 0 aromatic carbocycles. The van der Waals surface area contributed by atoms with Gasteiger partial charge in [0, 0.05) is 25.8 Å². The van der Waals surface area contributed by atoms with Gasteiger partial charge in [0.15, 0.2) is 5.82 Å². The van der Waals surface area contributed by atoms with Crippen LogP contribution in [0.15, 0.2) is 16.9 Å². The Balaban J connectivity index is 2.09. The number of H-pyrrole nitrogens is 1. The predicted octanol–water partition coefficient (Wildman–Crippen LogP) is -0.869. The Morgan fingerprint density at radius 3 is 2.95 bits per heavy atom. The van der Waals surface area contributed by atoms with Crippen LogP contribution in [0.5, 0.6) is 0 Å². The summed E-state index contributed by atoms with van der Waals surface area (Å²) in [5.41, 5.74) is -0.402. The van der Waals surface area contributed by atoms with Crippen molar-refractivity contribution in [3.05, 3.63) is 22.5 Å². The van der Waals surface area contributed by atoms with Crippen molar-refractivity contribution >= 4 is 16.0 Å². The Morgan fingerprint density at radius 1 is 1.53 bits per heavy atom. The van der Waals surface area contributed by atoms with Gasteiger partial charge in [-0.15, -0.1) is 0 Å². The Morgan fingerprint density at radius 2 is 2.32 bits per heavy atom. The molecule has 1 saturated heterocycles. The highest BCUT2D eigenvalue weighted by molar-refractivity contribution is 7.90. The third-order valence-corrected chi connectivity index (χ3v) is 4.47. The van der Waals surface area contributed by atoms with Gasteiger partial charge in [0.2, 0.25) is 0 Å². The normalized spacial score (nSPS) is 21.2. The molecule has 1 aliphatic heterocycles. The highest BCUT2D eigenvalue weighted by Gasteiger charge is 2.28. The van der Waals surface area contributed by atoms with Gasteiger partial charge in [0.1, 0.15) is 0 Å². The van der Waals surface area contributed by atoms with Gasteiger partial charge in [-0.1, -0.05) is 0 Å². The predicted molar refractivity (Wildman–Crippen MR) is 68.8 cm³/mol. The van der Waals surface area contributed by atoms with Crippen LogP contribution in [0, 0.1) is 5.92 Å². The molecular weight excluding hydrogens is 272 g/mol. The third-order valence-electron chi connectivity index (χ3n) is 2.99. The van der Waals surface area contributed by atoms with E-state index in [1.165, 1.54) is 16.4 Å². The Labute approximate surface area is 110 Å². The fourth-order valence-corrected chi connectivity index (χ4v) is 3.28.